The Morgan fingerprint density at radius 1 is 0.706 bits per heavy atom. The standard InChI is InChI=1S/2C4H4N2.BrH.H2O3S/c2*1-2-4-6-5-3-1;;1-4(2)3/h2*1-4H;1H;4H,(H,1,2,3). The summed E-state index contributed by atoms with van der Waals surface area (Å²) in [6, 6.07) is 7.31. The van der Waals surface area contributed by atoms with Gasteiger partial charge in [0.2, 0.25) is 0 Å². The third-order valence-corrected chi connectivity index (χ3v) is 0.966. The third-order valence-electron chi connectivity index (χ3n) is 0.966. The summed E-state index contributed by atoms with van der Waals surface area (Å²) < 4.78 is 24.2. The quantitative estimate of drug-likeness (QED) is 0.540. The zero-order valence-electron chi connectivity index (χ0n) is 8.53. The van der Waals surface area contributed by atoms with Crippen LogP contribution in [0.2, 0.25) is 0 Å². The highest BCUT2D eigenvalue weighted by molar-refractivity contribution is 8.93. The lowest BCUT2D eigenvalue weighted by Crippen LogP contribution is -1.69. The predicted molar refractivity (Wildman–Crippen MR) is 67.3 cm³/mol. The van der Waals surface area contributed by atoms with Gasteiger partial charge < -0.3 is 0 Å². The number of thiol groups is 1. The van der Waals surface area contributed by atoms with Crippen LogP contribution in [0.3, 0.4) is 0 Å². The van der Waals surface area contributed by atoms with E-state index in [1.54, 1.807) is 24.8 Å². The maximum atomic E-state index is 8.59. The molecule has 2 heterocycles. The van der Waals surface area contributed by atoms with Gasteiger partial charge in [-0.1, -0.05) is 0 Å². The molecule has 0 aliphatic heterocycles. The Hall–Kier alpha value is -1.45. The van der Waals surface area contributed by atoms with E-state index in [0.717, 1.165) is 0 Å². The zero-order valence-corrected chi connectivity index (χ0v) is 11.1. The number of halogens is 1. The van der Waals surface area contributed by atoms with Crippen LogP contribution in [-0.2, 0) is 11.0 Å². The van der Waals surface area contributed by atoms with Crippen LogP contribution in [0.15, 0.2) is 49.1 Å². The Labute approximate surface area is 110 Å². The second kappa shape index (κ2) is 14.6. The molecule has 0 saturated carbocycles. The second-order valence-corrected chi connectivity index (χ2v) is 2.54. The van der Waals surface area contributed by atoms with Gasteiger partial charge in [-0.3, -0.25) is 4.55 Å². The SMILES string of the molecule is Br.O=[SH](=O)O.c1ccnnc1.c1ccnnc1. The highest BCUT2D eigenvalue weighted by Crippen LogP contribution is 1.68. The van der Waals surface area contributed by atoms with E-state index in [0.29, 0.717) is 0 Å². The van der Waals surface area contributed by atoms with E-state index >= 15 is 0 Å². The van der Waals surface area contributed by atoms with Crippen molar-refractivity contribution in [2.24, 2.45) is 0 Å². The van der Waals surface area contributed by atoms with E-state index < -0.39 is 11.0 Å². The first-order chi connectivity index (χ1) is 7.73. The van der Waals surface area contributed by atoms with Crippen molar-refractivity contribution in [3.63, 3.8) is 0 Å². The van der Waals surface area contributed by atoms with Gasteiger partial charge >= 0.3 is 0 Å². The Bertz CT molecular complexity index is 323. The van der Waals surface area contributed by atoms with E-state index in [4.69, 9.17) is 13.0 Å². The van der Waals surface area contributed by atoms with Crippen molar-refractivity contribution in [1.29, 1.82) is 0 Å². The fraction of sp³-hybridized carbons (Fsp3) is 0. The van der Waals surface area contributed by atoms with E-state index in [2.05, 4.69) is 20.4 Å². The molecule has 0 radical (unpaired) electrons. The Kier molecular flexibility index (Phi) is 15.3. The summed E-state index contributed by atoms with van der Waals surface area (Å²) in [5, 5.41) is 14.1. The predicted octanol–water partition coefficient (Wildman–Crippen LogP) is 0.602. The van der Waals surface area contributed by atoms with Crippen LogP contribution in [0.4, 0.5) is 0 Å². The van der Waals surface area contributed by atoms with Crippen molar-refractivity contribution in [2.75, 3.05) is 0 Å². The first-order valence-corrected chi connectivity index (χ1v) is 5.13. The highest BCUT2D eigenvalue weighted by atomic mass is 79.9. The minimum atomic E-state index is -3.12. The number of nitrogens with zero attached hydrogens (tertiary/aromatic N) is 4. The van der Waals surface area contributed by atoms with Gasteiger partial charge in [0.25, 0.3) is 11.0 Å². The Morgan fingerprint density at radius 2 is 0.882 bits per heavy atom. The smallest absolute Gasteiger partial charge is 0.254 e. The minimum absolute atomic E-state index is 0. The van der Waals surface area contributed by atoms with Crippen molar-refractivity contribution in [2.45, 2.75) is 0 Å². The zero-order chi connectivity index (χ0) is 12.1. The van der Waals surface area contributed by atoms with Gasteiger partial charge in [0, 0.05) is 24.8 Å². The van der Waals surface area contributed by atoms with Gasteiger partial charge in [-0.05, 0) is 24.3 Å². The van der Waals surface area contributed by atoms with E-state index in [-0.39, 0.29) is 17.0 Å². The summed E-state index contributed by atoms with van der Waals surface area (Å²) in [7, 11) is -3.12. The molecular weight excluding hydrogens is 312 g/mol. The van der Waals surface area contributed by atoms with E-state index in [1.165, 1.54) is 0 Å². The molecule has 2 aromatic rings. The molecule has 0 amide bonds. The van der Waals surface area contributed by atoms with Crippen molar-refractivity contribution in [3.8, 4) is 0 Å². The molecule has 0 aromatic carbocycles. The van der Waals surface area contributed by atoms with Crippen LogP contribution in [0, 0.1) is 0 Å². The lowest BCUT2D eigenvalue weighted by molar-refractivity contribution is 0.509. The minimum Gasteiger partial charge on any atom is -0.288 e. The van der Waals surface area contributed by atoms with E-state index in [9.17, 15) is 0 Å². The first-order valence-electron chi connectivity index (χ1n) is 4.00. The van der Waals surface area contributed by atoms with Crippen LogP contribution in [0.1, 0.15) is 0 Å². The molecule has 2 aromatic heterocycles. The van der Waals surface area contributed by atoms with Crippen LogP contribution in [0.5, 0.6) is 0 Å². The molecule has 0 spiro atoms. The number of hydrogen-bond donors (Lipinski definition) is 2. The van der Waals surface area contributed by atoms with Gasteiger partial charge in [-0.2, -0.15) is 20.4 Å². The summed E-state index contributed by atoms with van der Waals surface area (Å²) >= 11 is 0. The summed E-state index contributed by atoms with van der Waals surface area (Å²) in [6.07, 6.45) is 6.56. The van der Waals surface area contributed by atoms with Gasteiger partial charge in [-0.25, -0.2) is 8.42 Å². The lowest BCUT2D eigenvalue weighted by Gasteiger charge is -1.69. The molecule has 0 bridgehead atoms. The molecule has 0 unspecified atom stereocenters. The summed E-state index contributed by atoms with van der Waals surface area (Å²) in [5.74, 6) is 0. The van der Waals surface area contributed by atoms with E-state index in [1.807, 2.05) is 24.3 Å². The molecule has 9 heteroatoms. The summed E-state index contributed by atoms with van der Waals surface area (Å²) in [4.78, 5) is 0. The molecule has 0 aliphatic rings. The molecule has 0 saturated heterocycles. The normalized spacial score (nSPS) is 7.65. The monoisotopic (exact) mass is 322 g/mol. The van der Waals surface area contributed by atoms with Crippen molar-refractivity contribution in [1.82, 2.24) is 20.4 Å². The highest BCUT2D eigenvalue weighted by Gasteiger charge is 1.60. The number of aromatic nitrogens is 4. The fourth-order valence-electron chi connectivity index (χ4n) is 0.507. The summed E-state index contributed by atoms with van der Waals surface area (Å²) in [6.45, 7) is 0. The van der Waals surface area contributed by atoms with Crippen LogP contribution in [-0.4, -0.2) is 33.4 Å². The van der Waals surface area contributed by atoms with Crippen molar-refractivity contribution in [3.05, 3.63) is 49.1 Å². The Morgan fingerprint density at radius 3 is 0.941 bits per heavy atom. The molecule has 17 heavy (non-hydrogen) atoms. The third kappa shape index (κ3) is 20.6. The molecule has 0 aliphatic carbocycles. The number of rotatable bonds is 0. The molecular formula is C8H11BrN4O3S. The first kappa shape index (κ1) is 17.9. The summed E-state index contributed by atoms with van der Waals surface area (Å²) in [5.41, 5.74) is 0. The molecule has 1 N–H and O–H groups in total. The van der Waals surface area contributed by atoms with Gasteiger partial charge in [0.05, 0.1) is 0 Å². The van der Waals surface area contributed by atoms with Crippen LogP contribution in [0.25, 0.3) is 0 Å². The second-order valence-electron chi connectivity index (χ2n) is 2.07. The maximum absolute atomic E-state index is 8.59. The average Bonchev–Trinajstić information content (AvgIpc) is 2.34. The molecule has 0 fully saturated rings. The molecule has 0 atom stereocenters. The molecule has 7 nitrogen and oxygen atoms in total. The Balaban J connectivity index is 0. The van der Waals surface area contributed by atoms with Crippen molar-refractivity contribution >= 4 is 28.0 Å². The van der Waals surface area contributed by atoms with Crippen LogP contribution >= 0.6 is 17.0 Å². The van der Waals surface area contributed by atoms with Gasteiger partial charge in [0.15, 0.2) is 0 Å². The number of hydrogen-bond acceptors (Lipinski definition) is 6. The van der Waals surface area contributed by atoms with Crippen molar-refractivity contribution < 1.29 is 13.0 Å². The van der Waals surface area contributed by atoms with Gasteiger partial charge in [-0.15, -0.1) is 17.0 Å². The maximum Gasteiger partial charge on any atom is 0.254 e. The van der Waals surface area contributed by atoms with Crippen LogP contribution < -0.4 is 0 Å². The molecule has 2 rings (SSSR count). The molecule has 94 valence electrons. The van der Waals surface area contributed by atoms with Gasteiger partial charge in [0.1, 0.15) is 0 Å². The topological polar surface area (TPSA) is 106 Å². The largest absolute Gasteiger partial charge is 0.288 e. The lowest BCUT2D eigenvalue weighted by atomic mass is 10.6. The fourth-order valence-corrected chi connectivity index (χ4v) is 0.507. The average molecular weight is 323 g/mol.